The van der Waals surface area contributed by atoms with Crippen LogP contribution in [0.1, 0.15) is 32.1 Å². The molecule has 7 heteroatoms. The van der Waals surface area contributed by atoms with Gasteiger partial charge >= 0.3 is 18.1 Å². The molecule has 2 bridgehead atoms. The Kier molecular flexibility index (Phi) is 3.61. The second-order valence-electron chi connectivity index (χ2n) is 4.94. The summed E-state index contributed by atoms with van der Waals surface area (Å²) in [6.07, 6.45) is -1.63. The maximum absolute atomic E-state index is 11.9. The number of nitrogens with one attached hydrogen (secondary N) is 1. The van der Waals surface area contributed by atoms with Gasteiger partial charge < -0.3 is 10.1 Å². The van der Waals surface area contributed by atoms with E-state index in [9.17, 15) is 22.8 Å². The zero-order valence-corrected chi connectivity index (χ0v) is 9.63. The van der Waals surface area contributed by atoms with Gasteiger partial charge in [-0.15, -0.1) is 0 Å². The highest BCUT2D eigenvalue weighted by molar-refractivity contribution is 5.88. The molecule has 0 aromatic heterocycles. The lowest BCUT2D eigenvalue weighted by Gasteiger charge is -2.28. The molecule has 2 aliphatic heterocycles. The highest BCUT2D eigenvalue weighted by atomic mass is 19.4. The summed E-state index contributed by atoms with van der Waals surface area (Å²) in [7, 11) is 0. The van der Waals surface area contributed by atoms with Crippen molar-refractivity contribution in [3.8, 4) is 0 Å². The first kappa shape index (κ1) is 13.3. The Morgan fingerprint density at radius 3 is 2.22 bits per heavy atom. The number of hydrogen-bond acceptors (Lipinski definition) is 4. The highest BCUT2D eigenvalue weighted by Crippen LogP contribution is 2.33. The Morgan fingerprint density at radius 2 is 1.72 bits per heavy atom. The van der Waals surface area contributed by atoms with Crippen molar-refractivity contribution in [1.82, 2.24) is 5.32 Å². The summed E-state index contributed by atoms with van der Waals surface area (Å²) in [5, 5.41) is 3.36. The zero-order valence-electron chi connectivity index (χ0n) is 9.63. The fraction of sp³-hybridized carbons (Fsp3) is 0.818. The van der Waals surface area contributed by atoms with Gasteiger partial charge in [-0.2, -0.15) is 13.2 Å². The molecule has 0 amide bonds. The molecule has 4 nitrogen and oxygen atoms in total. The van der Waals surface area contributed by atoms with E-state index in [0.717, 1.165) is 25.7 Å². The van der Waals surface area contributed by atoms with E-state index in [-0.39, 0.29) is 12.3 Å². The molecule has 1 N–H and O–H groups in total. The maximum Gasteiger partial charge on any atom is 0.491 e. The van der Waals surface area contributed by atoms with Gasteiger partial charge in [0.25, 0.3) is 0 Å². The Balaban J connectivity index is 1.80. The van der Waals surface area contributed by atoms with Gasteiger partial charge in [0.2, 0.25) is 0 Å². The minimum atomic E-state index is -5.11. The zero-order chi connectivity index (χ0) is 13.3. The minimum Gasteiger partial charge on any atom is -0.386 e. The van der Waals surface area contributed by atoms with Crippen LogP contribution in [0.5, 0.6) is 0 Å². The fourth-order valence-electron chi connectivity index (χ4n) is 2.78. The highest BCUT2D eigenvalue weighted by Gasteiger charge is 2.43. The molecule has 2 aliphatic rings. The molecular weight excluding hydrogens is 251 g/mol. The van der Waals surface area contributed by atoms with Gasteiger partial charge in [-0.3, -0.25) is 4.79 Å². The molecule has 0 saturated carbocycles. The van der Waals surface area contributed by atoms with Crippen LogP contribution in [0.3, 0.4) is 0 Å². The van der Waals surface area contributed by atoms with Crippen LogP contribution in [0, 0.1) is 5.92 Å². The number of esters is 2. The van der Waals surface area contributed by atoms with E-state index in [2.05, 4.69) is 10.1 Å². The van der Waals surface area contributed by atoms with Crippen LogP contribution in [0.15, 0.2) is 0 Å². The average molecular weight is 265 g/mol. The molecule has 0 aliphatic carbocycles. The first-order chi connectivity index (χ1) is 8.34. The monoisotopic (exact) mass is 265 g/mol. The Labute approximate surface area is 102 Å². The summed E-state index contributed by atoms with van der Waals surface area (Å²) in [4.78, 5) is 21.7. The predicted molar refractivity (Wildman–Crippen MR) is 54.4 cm³/mol. The standard InChI is InChI=1S/C11H14F3NO3/c12-11(13,14)10(17)18-9(16)5-6-3-7-1-2-8(4-6)15-7/h6-8,15H,1-5H2. The molecule has 2 heterocycles. The van der Waals surface area contributed by atoms with Gasteiger partial charge in [0.15, 0.2) is 0 Å². The molecule has 2 saturated heterocycles. The number of carbonyl (C=O) groups is 2. The Hall–Kier alpha value is -1.11. The van der Waals surface area contributed by atoms with Crippen LogP contribution in [-0.2, 0) is 14.3 Å². The van der Waals surface area contributed by atoms with E-state index in [1.165, 1.54) is 0 Å². The number of piperidine rings is 1. The van der Waals surface area contributed by atoms with Crippen LogP contribution in [0.4, 0.5) is 13.2 Å². The van der Waals surface area contributed by atoms with Crippen LogP contribution in [0.25, 0.3) is 0 Å². The number of fused-ring (bicyclic) bond motifs is 2. The number of alkyl halides is 3. The lowest BCUT2D eigenvalue weighted by atomic mass is 9.90. The van der Waals surface area contributed by atoms with Crippen LogP contribution in [-0.4, -0.2) is 30.2 Å². The van der Waals surface area contributed by atoms with Crippen molar-refractivity contribution in [2.24, 2.45) is 5.92 Å². The molecule has 0 spiro atoms. The topological polar surface area (TPSA) is 55.4 Å². The largest absolute Gasteiger partial charge is 0.491 e. The summed E-state index contributed by atoms with van der Waals surface area (Å²) in [6.45, 7) is 0. The number of halogens is 3. The summed E-state index contributed by atoms with van der Waals surface area (Å²) in [5.41, 5.74) is 0. The third-order valence-electron chi connectivity index (χ3n) is 3.46. The molecule has 0 radical (unpaired) electrons. The first-order valence-electron chi connectivity index (χ1n) is 5.92. The van der Waals surface area contributed by atoms with Crippen LogP contribution in [0.2, 0.25) is 0 Å². The average Bonchev–Trinajstić information content (AvgIpc) is 2.56. The molecular formula is C11H14F3NO3. The second kappa shape index (κ2) is 4.87. The van der Waals surface area contributed by atoms with Crippen molar-refractivity contribution in [1.29, 1.82) is 0 Å². The van der Waals surface area contributed by atoms with E-state index in [0.29, 0.717) is 12.1 Å². The van der Waals surface area contributed by atoms with E-state index < -0.39 is 18.1 Å². The number of carbonyl (C=O) groups excluding carboxylic acids is 2. The van der Waals surface area contributed by atoms with Gasteiger partial charge in [-0.25, -0.2) is 4.79 Å². The third kappa shape index (κ3) is 3.22. The molecule has 2 unspecified atom stereocenters. The number of ether oxygens (including phenoxy) is 1. The van der Waals surface area contributed by atoms with Crippen molar-refractivity contribution in [2.75, 3.05) is 0 Å². The normalized spacial score (nSPS) is 31.2. The number of rotatable bonds is 2. The molecule has 2 rings (SSSR count). The van der Waals surface area contributed by atoms with E-state index in [4.69, 9.17) is 0 Å². The molecule has 2 fully saturated rings. The van der Waals surface area contributed by atoms with Crippen molar-refractivity contribution in [3.05, 3.63) is 0 Å². The smallest absolute Gasteiger partial charge is 0.386 e. The molecule has 18 heavy (non-hydrogen) atoms. The van der Waals surface area contributed by atoms with Gasteiger partial charge in [-0.1, -0.05) is 0 Å². The van der Waals surface area contributed by atoms with Crippen LogP contribution >= 0.6 is 0 Å². The van der Waals surface area contributed by atoms with Gasteiger partial charge in [0.05, 0.1) is 0 Å². The van der Waals surface area contributed by atoms with E-state index in [1.807, 2.05) is 0 Å². The SMILES string of the molecule is O=C(CC1CC2CCC(C1)N2)OC(=O)C(F)(F)F. The summed E-state index contributed by atoms with van der Waals surface area (Å²) >= 11 is 0. The maximum atomic E-state index is 11.9. The van der Waals surface area contributed by atoms with Crippen molar-refractivity contribution in [2.45, 2.75) is 50.4 Å². The van der Waals surface area contributed by atoms with Gasteiger partial charge in [-0.05, 0) is 31.6 Å². The number of hydrogen-bond donors (Lipinski definition) is 1. The second-order valence-corrected chi connectivity index (χ2v) is 4.94. The van der Waals surface area contributed by atoms with Crippen molar-refractivity contribution < 1.29 is 27.5 Å². The van der Waals surface area contributed by atoms with Crippen molar-refractivity contribution >= 4 is 11.9 Å². The first-order valence-corrected chi connectivity index (χ1v) is 5.92. The molecule has 0 aromatic rings. The van der Waals surface area contributed by atoms with E-state index >= 15 is 0 Å². The lowest BCUT2D eigenvalue weighted by Crippen LogP contribution is -2.39. The fourth-order valence-corrected chi connectivity index (χ4v) is 2.78. The Bertz CT molecular complexity index is 344. The van der Waals surface area contributed by atoms with Crippen molar-refractivity contribution in [3.63, 3.8) is 0 Å². The van der Waals surface area contributed by atoms with Gasteiger partial charge in [0, 0.05) is 18.5 Å². The predicted octanol–water partition coefficient (Wildman–Crippen LogP) is 1.54. The lowest BCUT2D eigenvalue weighted by molar-refractivity contribution is -0.202. The summed E-state index contributed by atoms with van der Waals surface area (Å²) in [5.74, 6) is -3.50. The third-order valence-corrected chi connectivity index (χ3v) is 3.46. The Morgan fingerprint density at radius 1 is 1.17 bits per heavy atom. The summed E-state index contributed by atoms with van der Waals surface area (Å²) in [6, 6.07) is 0.694. The molecule has 2 atom stereocenters. The quantitative estimate of drug-likeness (QED) is 0.608. The van der Waals surface area contributed by atoms with E-state index in [1.54, 1.807) is 0 Å². The summed E-state index contributed by atoms with van der Waals surface area (Å²) < 4.78 is 39.4. The molecule has 0 aromatic carbocycles. The minimum absolute atomic E-state index is 0.0114. The van der Waals surface area contributed by atoms with Crippen LogP contribution < -0.4 is 5.32 Å². The molecule has 102 valence electrons. The van der Waals surface area contributed by atoms with Gasteiger partial charge in [0.1, 0.15) is 0 Å².